The quantitative estimate of drug-likeness (QED) is 0.688. The van der Waals surface area contributed by atoms with E-state index < -0.39 is 0 Å². The maximum atomic E-state index is 12.4. The lowest BCUT2D eigenvalue weighted by Gasteiger charge is -2.25. The molecule has 3 rings (SSSR count). The van der Waals surface area contributed by atoms with Gasteiger partial charge in [0.1, 0.15) is 5.75 Å². The molecule has 27 heavy (non-hydrogen) atoms. The average molecular weight is 390 g/mol. The van der Waals surface area contributed by atoms with Crippen molar-refractivity contribution in [2.75, 3.05) is 44.8 Å². The molecule has 1 saturated heterocycles. The summed E-state index contributed by atoms with van der Waals surface area (Å²) in [6, 6.07) is 8.18. The zero-order valence-corrected chi connectivity index (χ0v) is 16.8. The highest BCUT2D eigenvalue weighted by molar-refractivity contribution is 7.99. The van der Waals surface area contributed by atoms with Crippen LogP contribution in [-0.4, -0.2) is 75.5 Å². The molecule has 7 nitrogen and oxygen atoms in total. The van der Waals surface area contributed by atoms with Gasteiger partial charge < -0.3 is 14.5 Å². The Labute approximate surface area is 164 Å². The van der Waals surface area contributed by atoms with E-state index in [1.54, 1.807) is 10.9 Å². The summed E-state index contributed by atoms with van der Waals surface area (Å²) in [7, 11) is 2.07. The molecule has 0 atom stereocenters. The number of amides is 1. The number of likely N-dealkylation sites (N-methyl/N-ethyl adjacent to an activating group) is 1. The summed E-state index contributed by atoms with van der Waals surface area (Å²) in [6.07, 6.45) is 1.76. The summed E-state index contributed by atoms with van der Waals surface area (Å²) >= 11 is 1.88. The molecule has 0 aliphatic carbocycles. The van der Waals surface area contributed by atoms with E-state index in [4.69, 9.17) is 4.74 Å². The van der Waals surface area contributed by atoms with Gasteiger partial charge in [-0.3, -0.25) is 9.48 Å². The van der Waals surface area contributed by atoms with E-state index in [0.717, 1.165) is 43.4 Å². The number of rotatable bonds is 8. The zero-order chi connectivity index (χ0) is 19.1. The van der Waals surface area contributed by atoms with Crippen LogP contribution in [0.25, 0.3) is 0 Å². The fourth-order valence-corrected chi connectivity index (χ4v) is 3.86. The van der Waals surface area contributed by atoms with Crippen molar-refractivity contribution in [3.63, 3.8) is 0 Å². The number of carbonyl (C=O) groups is 1. The van der Waals surface area contributed by atoms with Crippen LogP contribution in [-0.2, 0) is 13.1 Å². The van der Waals surface area contributed by atoms with E-state index in [1.807, 2.05) is 35.7 Å². The number of thioether (sulfide) groups is 1. The van der Waals surface area contributed by atoms with Crippen LogP contribution in [0.15, 0.2) is 30.5 Å². The molecule has 1 aliphatic heterocycles. The van der Waals surface area contributed by atoms with Crippen LogP contribution in [0.5, 0.6) is 5.75 Å². The number of hydrogen-bond acceptors (Lipinski definition) is 6. The molecule has 1 aromatic carbocycles. The van der Waals surface area contributed by atoms with Gasteiger partial charge in [0.25, 0.3) is 5.91 Å². The lowest BCUT2D eigenvalue weighted by molar-refractivity contribution is 0.0766. The fraction of sp³-hybridized carbons (Fsp3) is 0.526. The van der Waals surface area contributed by atoms with Gasteiger partial charge in [-0.05, 0) is 31.7 Å². The summed E-state index contributed by atoms with van der Waals surface area (Å²) in [5, 5.41) is 8.18. The second-order valence-corrected chi connectivity index (χ2v) is 7.81. The Morgan fingerprint density at radius 1 is 1.26 bits per heavy atom. The van der Waals surface area contributed by atoms with Crippen LogP contribution < -0.4 is 4.74 Å². The van der Waals surface area contributed by atoms with Crippen molar-refractivity contribution in [3.8, 4) is 5.75 Å². The molecule has 2 aromatic rings. The molecule has 1 aliphatic rings. The maximum Gasteiger partial charge on any atom is 0.276 e. The zero-order valence-electron chi connectivity index (χ0n) is 16.0. The van der Waals surface area contributed by atoms with Gasteiger partial charge in [0, 0.05) is 37.7 Å². The summed E-state index contributed by atoms with van der Waals surface area (Å²) in [4.78, 5) is 16.5. The smallest absolute Gasteiger partial charge is 0.276 e. The molecule has 0 saturated carbocycles. The largest absolute Gasteiger partial charge is 0.494 e. The Morgan fingerprint density at radius 3 is 2.70 bits per heavy atom. The fourth-order valence-electron chi connectivity index (χ4n) is 2.96. The second-order valence-electron chi connectivity index (χ2n) is 6.59. The lowest BCUT2D eigenvalue weighted by Crippen LogP contribution is -2.38. The number of ether oxygens (including phenoxy) is 1. The summed E-state index contributed by atoms with van der Waals surface area (Å²) in [5.74, 6) is 2.88. The third-order valence-electron chi connectivity index (χ3n) is 4.45. The Kier molecular flexibility index (Phi) is 7.11. The number of aromatic nitrogens is 3. The molecule has 0 N–H and O–H groups in total. The maximum absolute atomic E-state index is 12.4. The predicted octanol–water partition coefficient (Wildman–Crippen LogP) is 2.00. The topological polar surface area (TPSA) is 63.5 Å². The van der Waals surface area contributed by atoms with E-state index in [1.165, 1.54) is 5.56 Å². The molecule has 0 bridgehead atoms. The van der Waals surface area contributed by atoms with Gasteiger partial charge in [-0.15, -0.1) is 5.10 Å². The normalized spacial score (nSPS) is 14.6. The van der Waals surface area contributed by atoms with Crippen molar-refractivity contribution in [2.45, 2.75) is 20.0 Å². The highest BCUT2D eigenvalue weighted by Crippen LogP contribution is 2.14. The van der Waals surface area contributed by atoms with E-state index in [9.17, 15) is 4.79 Å². The standard InChI is InChI=1S/C19H27N5O2S/c1-3-26-17-6-4-16(5-7-17)14-22(2)8-9-24-15-18(20-21-24)19(25)23-10-12-27-13-11-23/h4-7,15H,3,8-14H2,1-2H3. The first-order valence-corrected chi connectivity index (χ1v) is 10.5. The van der Waals surface area contributed by atoms with Crippen LogP contribution in [0.3, 0.4) is 0 Å². The molecule has 8 heteroatoms. The van der Waals surface area contributed by atoms with Gasteiger partial charge in [0.05, 0.1) is 19.3 Å². The van der Waals surface area contributed by atoms with Crippen molar-refractivity contribution in [1.82, 2.24) is 24.8 Å². The van der Waals surface area contributed by atoms with E-state index in [2.05, 4.69) is 34.4 Å². The number of benzene rings is 1. The Balaban J connectivity index is 1.46. The van der Waals surface area contributed by atoms with Crippen molar-refractivity contribution < 1.29 is 9.53 Å². The molecule has 0 radical (unpaired) electrons. The van der Waals surface area contributed by atoms with Crippen LogP contribution in [0, 0.1) is 0 Å². The van der Waals surface area contributed by atoms with E-state index in [0.29, 0.717) is 18.8 Å². The third-order valence-corrected chi connectivity index (χ3v) is 5.40. The van der Waals surface area contributed by atoms with Gasteiger partial charge in [-0.2, -0.15) is 11.8 Å². The highest BCUT2D eigenvalue weighted by Gasteiger charge is 2.21. The Morgan fingerprint density at radius 2 is 2.00 bits per heavy atom. The van der Waals surface area contributed by atoms with Crippen LogP contribution in [0.1, 0.15) is 23.0 Å². The van der Waals surface area contributed by atoms with E-state index >= 15 is 0 Å². The van der Waals surface area contributed by atoms with E-state index in [-0.39, 0.29) is 5.91 Å². The van der Waals surface area contributed by atoms with Gasteiger partial charge in [0.2, 0.25) is 0 Å². The first-order chi connectivity index (χ1) is 13.2. The summed E-state index contributed by atoms with van der Waals surface area (Å²) in [6.45, 7) is 6.61. The molecule has 1 fully saturated rings. The number of hydrogen-bond donors (Lipinski definition) is 0. The third kappa shape index (κ3) is 5.71. The van der Waals surface area contributed by atoms with Gasteiger partial charge in [-0.25, -0.2) is 0 Å². The molecule has 0 spiro atoms. The van der Waals surface area contributed by atoms with Crippen LogP contribution in [0.4, 0.5) is 0 Å². The van der Waals surface area contributed by atoms with Crippen molar-refractivity contribution in [3.05, 3.63) is 41.7 Å². The summed E-state index contributed by atoms with van der Waals surface area (Å²) < 4.78 is 7.22. The van der Waals surface area contributed by atoms with Crippen LogP contribution >= 0.6 is 11.8 Å². The SMILES string of the molecule is CCOc1ccc(CN(C)CCn2cc(C(=O)N3CCSCC3)nn2)cc1. The first kappa shape index (κ1) is 19.7. The number of carbonyl (C=O) groups excluding carboxylic acids is 1. The van der Waals surface area contributed by atoms with Gasteiger partial charge in [0.15, 0.2) is 5.69 Å². The minimum Gasteiger partial charge on any atom is -0.494 e. The second kappa shape index (κ2) is 9.75. The summed E-state index contributed by atoms with van der Waals surface area (Å²) in [5.41, 5.74) is 1.68. The predicted molar refractivity (Wildman–Crippen MR) is 107 cm³/mol. The minimum atomic E-state index is -0.00991. The van der Waals surface area contributed by atoms with Gasteiger partial charge >= 0.3 is 0 Å². The molecule has 2 heterocycles. The Bertz CT molecular complexity index is 728. The molecule has 146 valence electrons. The molecule has 1 amide bonds. The minimum absolute atomic E-state index is 0.00991. The lowest BCUT2D eigenvalue weighted by atomic mass is 10.2. The molecular weight excluding hydrogens is 362 g/mol. The molecule has 0 unspecified atom stereocenters. The van der Waals surface area contributed by atoms with Crippen molar-refractivity contribution in [2.24, 2.45) is 0 Å². The molecular formula is C19H27N5O2S. The number of nitrogens with zero attached hydrogens (tertiary/aromatic N) is 5. The monoisotopic (exact) mass is 389 g/mol. The van der Waals surface area contributed by atoms with Crippen molar-refractivity contribution >= 4 is 17.7 Å². The molecule has 1 aromatic heterocycles. The van der Waals surface area contributed by atoms with Crippen LogP contribution in [0.2, 0.25) is 0 Å². The first-order valence-electron chi connectivity index (χ1n) is 9.33. The van der Waals surface area contributed by atoms with Crippen molar-refractivity contribution in [1.29, 1.82) is 0 Å². The highest BCUT2D eigenvalue weighted by atomic mass is 32.2. The Hall–Kier alpha value is -2.06. The average Bonchev–Trinajstić information content (AvgIpc) is 3.17. The van der Waals surface area contributed by atoms with Gasteiger partial charge in [-0.1, -0.05) is 17.3 Å².